The van der Waals surface area contributed by atoms with E-state index in [4.69, 9.17) is 4.52 Å². The smallest absolute Gasteiger partial charge is 0.324 e. The molecule has 0 aromatic rings. The predicted octanol–water partition coefficient (Wildman–Crippen LogP) is 13.5. The highest BCUT2D eigenvalue weighted by Crippen LogP contribution is 2.43. The van der Waals surface area contributed by atoms with E-state index in [1.54, 1.807) is 0 Å². The van der Waals surface area contributed by atoms with Gasteiger partial charge in [-0.15, -0.1) is 0 Å². The molecule has 4 heteroatoms. The van der Waals surface area contributed by atoms with E-state index in [0.29, 0.717) is 12.8 Å². The maximum Gasteiger partial charge on any atom is 0.328 e. The van der Waals surface area contributed by atoms with Crippen molar-refractivity contribution in [2.45, 2.75) is 206 Å². The Bertz CT molecular complexity index is 548. The Morgan fingerprint density at radius 1 is 0.450 bits per heavy atom. The summed E-state index contributed by atoms with van der Waals surface area (Å²) >= 11 is 0. The van der Waals surface area contributed by atoms with Gasteiger partial charge in [-0.05, 0) is 38.5 Å². The average Bonchev–Trinajstić information content (AvgIpc) is 2.94. The third kappa shape index (κ3) is 34.1. The van der Waals surface area contributed by atoms with Crippen LogP contribution in [0.15, 0.2) is 12.2 Å². The van der Waals surface area contributed by atoms with Crippen molar-refractivity contribution in [3.8, 4) is 0 Å². The first-order valence-corrected chi connectivity index (χ1v) is 20.0. The Morgan fingerprint density at radius 3 is 1.12 bits per heavy atom. The van der Waals surface area contributed by atoms with Crippen LogP contribution in [0.3, 0.4) is 0 Å². The Morgan fingerprint density at radius 2 is 0.750 bits per heavy atom. The highest BCUT2D eigenvalue weighted by Gasteiger charge is 2.17. The molecule has 0 saturated heterocycles. The van der Waals surface area contributed by atoms with E-state index in [2.05, 4.69) is 26.0 Å². The maximum absolute atomic E-state index is 12.2. The highest BCUT2D eigenvalue weighted by atomic mass is 31.2. The van der Waals surface area contributed by atoms with Gasteiger partial charge in [0.2, 0.25) is 0 Å². The molecule has 0 aliphatic carbocycles. The first kappa shape index (κ1) is 39.9. The summed E-state index contributed by atoms with van der Waals surface area (Å²) < 4.78 is 17.6. The van der Waals surface area contributed by atoms with Crippen molar-refractivity contribution in [1.29, 1.82) is 0 Å². The summed E-state index contributed by atoms with van der Waals surface area (Å²) in [5.74, 6) is 0. The van der Waals surface area contributed by atoms with Crippen LogP contribution in [0.5, 0.6) is 0 Å². The zero-order valence-electron chi connectivity index (χ0n) is 27.5. The number of hydrogen-bond acceptors (Lipinski definition) is 2. The molecule has 3 nitrogen and oxygen atoms in total. The minimum Gasteiger partial charge on any atom is -0.324 e. The number of allylic oxidation sites excluding steroid dienone is 2. The summed E-state index contributed by atoms with van der Waals surface area (Å²) in [6.07, 6.45) is 44.0. The van der Waals surface area contributed by atoms with Crippen molar-refractivity contribution in [3.63, 3.8) is 0 Å². The van der Waals surface area contributed by atoms with Gasteiger partial charge < -0.3 is 9.42 Å². The van der Waals surface area contributed by atoms with Crippen LogP contribution in [0.2, 0.25) is 0 Å². The van der Waals surface area contributed by atoms with Gasteiger partial charge in [0.15, 0.2) is 0 Å². The van der Waals surface area contributed by atoms with Gasteiger partial charge in [0.05, 0.1) is 6.61 Å². The van der Waals surface area contributed by atoms with E-state index in [1.165, 1.54) is 167 Å². The molecule has 0 spiro atoms. The third-order valence-corrected chi connectivity index (χ3v) is 9.71. The van der Waals surface area contributed by atoms with Crippen LogP contribution in [-0.2, 0) is 9.09 Å². The number of hydrogen-bond donors (Lipinski definition) is 1. The molecule has 0 aromatic heterocycles. The van der Waals surface area contributed by atoms with E-state index >= 15 is 0 Å². The maximum atomic E-state index is 12.2. The molecule has 0 bridgehead atoms. The highest BCUT2D eigenvalue weighted by molar-refractivity contribution is 7.52. The van der Waals surface area contributed by atoms with E-state index < -0.39 is 7.60 Å². The number of rotatable bonds is 34. The molecular weight excluding hydrogens is 511 g/mol. The predicted molar refractivity (Wildman–Crippen MR) is 180 cm³/mol. The second-order valence-electron chi connectivity index (χ2n) is 12.4. The standard InChI is InChI=1S/C36H73O3P/c1-3-5-7-9-11-13-15-17-19-21-23-25-27-29-31-33-35-39-40(37,38)36-34-32-30-28-26-24-22-20-18-16-14-12-10-8-6-4-2/h18,20H,3-17,19,21-36H2,1-2H3,(H,37,38)/b20-18-. The van der Waals surface area contributed by atoms with Gasteiger partial charge in [-0.3, -0.25) is 4.57 Å². The normalized spacial score (nSPS) is 13.4. The molecule has 0 amide bonds. The Kier molecular flexibility index (Phi) is 33.3. The second-order valence-corrected chi connectivity index (χ2v) is 14.4. The van der Waals surface area contributed by atoms with Crippen molar-refractivity contribution >= 4 is 7.60 Å². The molecule has 0 aliphatic rings. The molecule has 1 N–H and O–H groups in total. The van der Waals surface area contributed by atoms with E-state index in [-0.39, 0.29) is 0 Å². The van der Waals surface area contributed by atoms with Crippen LogP contribution in [0.4, 0.5) is 0 Å². The van der Waals surface area contributed by atoms with Gasteiger partial charge >= 0.3 is 7.60 Å². The van der Waals surface area contributed by atoms with Gasteiger partial charge in [0, 0.05) is 6.16 Å². The Hall–Kier alpha value is -0.110. The molecule has 1 atom stereocenters. The Labute approximate surface area is 252 Å². The van der Waals surface area contributed by atoms with Crippen molar-refractivity contribution in [2.24, 2.45) is 0 Å². The SMILES string of the molecule is CCCCCCCC/C=C\CCCCCCCCP(=O)(O)OCCCCCCCCCCCCCCCCCC. The summed E-state index contributed by atoms with van der Waals surface area (Å²) in [6, 6.07) is 0. The van der Waals surface area contributed by atoms with E-state index in [9.17, 15) is 9.46 Å². The molecular formula is C36H73O3P. The van der Waals surface area contributed by atoms with Crippen LogP contribution in [0, 0.1) is 0 Å². The topological polar surface area (TPSA) is 46.5 Å². The fourth-order valence-corrected chi connectivity index (χ4v) is 6.65. The fraction of sp³-hybridized carbons (Fsp3) is 0.944. The molecule has 0 aliphatic heterocycles. The number of unbranched alkanes of at least 4 members (excludes halogenated alkanes) is 27. The van der Waals surface area contributed by atoms with Gasteiger partial charge in [0.1, 0.15) is 0 Å². The van der Waals surface area contributed by atoms with Crippen LogP contribution in [0.1, 0.15) is 206 Å². The molecule has 40 heavy (non-hydrogen) atoms. The van der Waals surface area contributed by atoms with Crippen LogP contribution >= 0.6 is 7.60 Å². The van der Waals surface area contributed by atoms with Crippen LogP contribution in [0.25, 0.3) is 0 Å². The van der Waals surface area contributed by atoms with Crippen molar-refractivity contribution < 1.29 is 14.0 Å². The van der Waals surface area contributed by atoms with Gasteiger partial charge in [-0.1, -0.05) is 180 Å². The molecule has 0 heterocycles. The fourth-order valence-electron chi connectivity index (χ4n) is 5.48. The van der Waals surface area contributed by atoms with Gasteiger partial charge in [0.25, 0.3) is 0 Å². The van der Waals surface area contributed by atoms with Crippen molar-refractivity contribution in [2.75, 3.05) is 12.8 Å². The van der Waals surface area contributed by atoms with Gasteiger partial charge in [-0.2, -0.15) is 0 Å². The summed E-state index contributed by atoms with van der Waals surface area (Å²) in [4.78, 5) is 10.1. The molecule has 0 fully saturated rings. The quantitative estimate of drug-likeness (QED) is 0.0465. The Balaban J connectivity index is 3.31. The molecule has 240 valence electrons. The lowest BCUT2D eigenvalue weighted by atomic mass is 10.0. The third-order valence-electron chi connectivity index (χ3n) is 8.24. The first-order valence-electron chi connectivity index (χ1n) is 18.2. The van der Waals surface area contributed by atoms with Crippen molar-refractivity contribution in [1.82, 2.24) is 0 Å². The van der Waals surface area contributed by atoms with E-state index in [1.807, 2.05) is 0 Å². The summed E-state index contributed by atoms with van der Waals surface area (Å²) in [6.45, 7) is 5.00. The minimum atomic E-state index is -3.38. The second kappa shape index (κ2) is 33.4. The monoisotopic (exact) mass is 585 g/mol. The zero-order chi connectivity index (χ0) is 29.2. The van der Waals surface area contributed by atoms with Crippen LogP contribution < -0.4 is 0 Å². The minimum absolute atomic E-state index is 0.326. The molecule has 0 rings (SSSR count). The van der Waals surface area contributed by atoms with Gasteiger partial charge in [-0.25, -0.2) is 0 Å². The van der Waals surface area contributed by atoms with E-state index in [0.717, 1.165) is 25.7 Å². The van der Waals surface area contributed by atoms with Crippen molar-refractivity contribution in [3.05, 3.63) is 12.2 Å². The largest absolute Gasteiger partial charge is 0.328 e. The summed E-state index contributed by atoms with van der Waals surface area (Å²) in [5.41, 5.74) is 0. The lowest BCUT2D eigenvalue weighted by molar-refractivity contribution is 0.251. The van der Waals surface area contributed by atoms with Crippen LogP contribution in [-0.4, -0.2) is 17.7 Å². The molecule has 1 unspecified atom stereocenters. The lowest BCUT2D eigenvalue weighted by Gasteiger charge is -2.12. The molecule has 0 aromatic carbocycles. The summed E-state index contributed by atoms with van der Waals surface area (Å²) in [5, 5.41) is 0. The summed E-state index contributed by atoms with van der Waals surface area (Å²) in [7, 11) is -3.38. The zero-order valence-corrected chi connectivity index (χ0v) is 28.4. The average molecular weight is 585 g/mol. The molecule has 0 saturated carbocycles. The molecule has 0 radical (unpaired) electrons. The first-order chi connectivity index (χ1) is 19.6. The lowest BCUT2D eigenvalue weighted by Crippen LogP contribution is -1.97.